The van der Waals surface area contributed by atoms with E-state index in [1.165, 1.54) is 72.7 Å². The highest BCUT2D eigenvalue weighted by Gasteiger charge is 2.31. The van der Waals surface area contributed by atoms with Gasteiger partial charge in [-0.3, -0.25) is 4.98 Å². The Bertz CT molecular complexity index is 1650. The molecule has 0 aliphatic heterocycles. The van der Waals surface area contributed by atoms with Crippen LogP contribution in [0.3, 0.4) is 0 Å². The van der Waals surface area contributed by atoms with Crippen LogP contribution in [-0.2, 0) is 7.05 Å². The number of benzene rings is 2. The molecule has 0 aliphatic carbocycles. The topological polar surface area (TPSA) is 21.2 Å². The minimum atomic E-state index is -1.53. The van der Waals surface area contributed by atoms with Gasteiger partial charge < -0.3 is 4.40 Å². The normalized spacial score (nSPS) is 12.9. The summed E-state index contributed by atoms with van der Waals surface area (Å²) < 4.78 is 4.83. The highest BCUT2D eigenvalue weighted by Crippen LogP contribution is 2.40. The first kappa shape index (κ1) is 19.7. The molecule has 0 spiro atoms. The molecular formula is C28H30N3Si+. The predicted molar refractivity (Wildman–Crippen MR) is 139 cm³/mol. The van der Waals surface area contributed by atoms with E-state index in [9.17, 15) is 0 Å². The van der Waals surface area contributed by atoms with Crippen LogP contribution in [0.1, 0.15) is 26.3 Å². The maximum atomic E-state index is 4.53. The van der Waals surface area contributed by atoms with E-state index in [-0.39, 0.29) is 0 Å². The van der Waals surface area contributed by atoms with Gasteiger partial charge in [-0.05, 0) is 30.0 Å². The Morgan fingerprint density at radius 1 is 0.906 bits per heavy atom. The molecule has 0 fully saturated rings. The summed E-state index contributed by atoms with van der Waals surface area (Å²) in [5.74, 6) is 0. The number of aryl methyl sites for hydroxylation is 2. The smallest absolute Gasteiger partial charge is 0.224 e. The van der Waals surface area contributed by atoms with E-state index in [0.29, 0.717) is 0 Å². The van der Waals surface area contributed by atoms with E-state index in [4.69, 9.17) is 0 Å². The molecular weight excluding hydrogens is 406 g/mol. The molecule has 0 atom stereocenters. The maximum absolute atomic E-state index is 4.53. The Morgan fingerprint density at radius 2 is 1.69 bits per heavy atom. The van der Waals surface area contributed by atoms with Gasteiger partial charge >= 0.3 is 0 Å². The van der Waals surface area contributed by atoms with Crippen LogP contribution < -0.4 is 9.75 Å². The van der Waals surface area contributed by atoms with Gasteiger partial charge in [0.2, 0.25) is 5.52 Å². The van der Waals surface area contributed by atoms with E-state index < -0.39 is 8.07 Å². The standard InChI is InChI=1S/C28H30N3Si/c1-6-32(7-2,8-3)20-15-19-12-14-30(5)28-25-18(4)9-10-22-21-11-13-29-17-24(21)31(27(22)25)23(16-20)26(19)28/h9-17H,6-8H2,1-5H3/q+1. The molecule has 0 N–H and O–H groups in total. The van der Waals surface area contributed by atoms with Crippen molar-refractivity contribution in [2.75, 3.05) is 0 Å². The fourth-order valence-electron chi connectivity index (χ4n) is 6.23. The van der Waals surface area contributed by atoms with E-state index >= 15 is 0 Å². The van der Waals surface area contributed by atoms with Gasteiger partial charge in [0.15, 0.2) is 6.20 Å². The molecule has 3 nitrogen and oxygen atoms in total. The van der Waals surface area contributed by atoms with E-state index in [0.717, 1.165) is 0 Å². The molecule has 0 bridgehead atoms. The average Bonchev–Trinajstić information content (AvgIpc) is 3.16. The van der Waals surface area contributed by atoms with Crippen molar-refractivity contribution in [2.45, 2.75) is 45.8 Å². The van der Waals surface area contributed by atoms with E-state index in [1.807, 2.05) is 12.4 Å². The summed E-state index contributed by atoms with van der Waals surface area (Å²) in [6.07, 6.45) is 6.22. The molecule has 0 unspecified atom stereocenters. The SMILES string of the molecule is CC[Si](CC)(CC)c1cc2cc[n+](C)c3c4c(C)ccc5c6ccncc6n(c(c1)c23)c54. The van der Waals surface area contributed by atoms with Crippen molar-refractivity contribution in [3.8, 4) is 0 Å². The van der Waals surface area contributed by atoms with Crippen molar-refractivity contribution < 1.29 is 4.57 Å². The highest BCUT2D eigenvalue weighted by atomic mass is 28.3. The van der Waals surface area contributed by atoms with Crippen LogP contribution >= 0.6 is 0 Å². The lowest BCUT2D eigenvalue weighted by Gasteiger charge is -2.29. The van der Waals surface area contributed by atoms with Crippen LogP contribution in [0.25, 0.3) is 49.0 Å². The monoisotopic (exact) mass is 436 g/mol. The van der Waals surface area contributed by atoms with Gasteiger partial charge in [0.25, 0.3) is 0 Å². The molecule has 4 aromatic heterocycles. The second-order valence-corrected chi connectivity index (χ2v) is 14.7. The third kappa shape index (κ3) is 2.31. The zero-order valence-corrected chi connectivity index (χ0v) is 20.7. The third-order valence-electron chi connectivity index (χ3n) is 8.28. The first-order chi connectivity index (χ1) is 15.5. The summed E-state index contributed by atoms with van der Waals surface area (Å²) >= 11 is 0. The summed E-state index contributed by atoms with van der Waals surface area (Å²) in [6, 6.07) is 18.0. The average molecular weight is 437 g/mol. The van der Waals surface area contributed by atoms with Crippen molar-refractivity contribution in [2.24, 2.45) is 7.05 Å². The van der Waals surface area contributed by atoms with Crippen LogP contribution in [0, 0.1) is 6.92 Å². The summed E-state index contributed by atoms with van der Waals surface area (Å²) in [5.41, 5.74) is 6.54. The molecule has 0 saturated heterocycles. The zero-order chi connectivity index (χ0) is 22.2. The molecule has 4 heteroatoms. The van der Waals surface area contributed by atoms with Crippen molar-refractivity contribution in [1.29, 1.82) is 0 Å². The minimum absolute atomic E-state index is 1.21. The number of aromatic nitrogens is 3. The predicted octanol–water partition coefficient (Wildman–Crippen LogP) is 6.23. The molecule has 0 aliphatic rings. The van der Waals surface area contributed by atoms with Gasteiger partial charge in [0.1, 0.15) is 7.05 Å². The van der Waals surface area contributed by atoms with Crippen LogP contribution in [-0.4, -0.2) is 17.5 Å². The molecule has 6 rings (SSSR count). The summed E-state index contributed by atoms with van der Waals surface area (Å²) in [6.45, 7) is 9.45. The number of rotatable bonds is 4. The molecule has 2 aromatic carbocycles. The van der Waals surface area contributed by atoms with Crippen LogP contribution in [0.5, 0.6) is 0 Å². The fraction of sp³-hybridized carbons (Fsp3) is 0.286. The first-order valence-electron chi connectivity index (χ1n) is 11.9. The first-order valence-corrected chi connectivity index (χ1v) is 14.5. The summed E-state index contributed by atoms with van der Waals surface area (Å²) in [5, 5.41) is 8.30. The van der Waals surface area contributed by atoms with Crippen molar-refractivity contribution in [3.05, 3.63) is 60.6 Å². The molecule has 32 heavy (non-hydrogen) atoms. The lowest BCUT2D eigenvalue weighted by atomic mass is 10.00. The van der Waals surface area contributed by atoms with Crippen LogP contribution in [0.2, 0.25) is 18.1 Å². The number of fused-ring (bicyclic) bond motifs is 5. The van der Waals surface area contributed by atoms with Crippen LogP contribution in [0.4, 0.5) is 0 Å². The Morgan fingerprint density at radius 3 is 2.44 bits per heavy atom. The second-order valence-electron chi connectivity index (χ2n) is 9.46. The lowest BCUT2D eigenvalue weighted by Crippen LogP contribution is -2.45. The van der Waals surface area contributed by atoms with Crippen molar-refractivity contribution in [3.63, 3.8) is 0 Å². The molecule has 4 heterocycles. The van der Waals surface area contributed by atoms with E-state index in [2.05, 4.69) is 91.3 Å². The number of nitrogens with zero attached hydrogens (tertiary/aromatic N) is 3. The van der Waals surface area contributed by atoms with E-state index in [1.54, 1.807) is 5.19 Å². The van der Waals surface area contributed by atoms with Gasteiger partial charge in [-0.15, -0.1) is 0 Å². The third-order valence-corrected chi connectivity index (χ3v) is 13.9. The van der Waals surface area contributed by atoms with Gasteiger partial charge in [-0.25, -0.2) is 4.57 Å². The number of hydrogen-bond acceptors (Lipinski definition) is 1. The van der Waals surface area contributed by atoms with Gasteiger partial charge in [0.05, 0.1) is 41.6 Å². The Kier molecular flexibility index (Phi) is 4.16. The van der Waals surface area contributed by atoms with Crippen molar-refractivity contribution >= 4 is 62.3 Å². The quantitative estimate of drug-likeness (QED) is 0.139. The largest absolute Gasteiger partial charge is 0.306 e. The maximum Gasteiger partial charge on any atom is 0.224 e. The van der Waals surface area contributed by atoms with Crippen molar-refractivity contribution in [1.82, 2.24) is 9.38 Å². The zero-order valence-electron chi connectivity index (χ0n) is 19.7. The summed E-state index contributed by atoms with van der Waals surface area (Å²) in [7, 11) is 0.654. The molecule has 160 valence electrons. The van der Waals surface area contributed by atoms with Gasteiger partial charge in [-0.1, -0.05) is 62.3 Å². The Labute approximate surface area is 189 Å². The lowest BCUT2D eigenvalue weighted by molar-refractivity contribution is -0.643. The minimum Gasteiger partial charge on any atom is -0.306 e. The number of hydrogen-bond donors (Lipinski definition) is 0. The second kappa shape index (κ2) is 6.76. The Balaban J connectivity index is 1.98. The van der Waals surface area contributed by atoms with Crippen LogP contribution in [0.15, 0.2) is 55.0 Å². The molecule has 0 radical (unpaired) electrons. The molecule has 6 aromatic rings. The van der Waals surface area contributed by atoms with Gasteiger partial charge in [0, 0.05) is 23.0 Å². The van der Waals surface area contributed by atoms with Gasteiger partial charge in [-0.2, -0.15) is 0 Å². The number of pyridine rings is 3. The fourth-order valence-corrected chi connectivity index (χ4v) is 9.86. The summed E-state index contributed by atoms with van der Waals surface area (Å²) in [4.78, 5) is 4.53. The molecule has 0 saturated carbocycles. The highest BCUT2D eigenvalue weighted by molar-refractivity contribution is 6.92. The molecule has 0 amide bonds. The Hall–Kier alpha value is -2.98.